The minimum absolute atomic E-state index is 0.00451. The number of carboxylic acid groups (broad SMARTS) is 1. The molecule has 0 spiro atoms. The first-order valence-electron chi connectivity index (χ1n) is 10.4. The predicted molar refractivity (Wildman–Crippen MR) is 117 cm³/mol. The summed E-state index contributed by atoms with van der Waals surface area (Å²) in [5.41, 5.74) is 1.68. The molecule has 0 radical (unpaired) electrons. The number of anilines is 1. The highest BCUT2D eigenvalue weighted by Crippen LogP contribution is 2.31. The molecule has 3 rings (SSSR count). The maximum Gasteiger partial charge on any atom is 0.319 e. The Morgan fingerprint density at radius 1 is 1.17 bits per heavy atom. The van der Waals surface area contributed by atoms with Gasteiger partial charge in [-0.3, -0.25) is 9.10 Å². The number of rotatable bonds is 4. The van der Waals surface area contributed by atoms with Gasteiger partial charge in [0.1, 0.15) is 0 Å². The maximum absolute atomic E-state index is 12.7. The summed E-state index contributed by atoms with van der Waals surface area (Å²) in [7, 11) is -1.68. The van der Waals surface area contributed by atoms with Crippen molar-refractivity contribution in [1.82, 2.24) is 9.80 Å². The van der Waals surface area contributed by atoms with E-state index in [0.717, 1.165) is 5.56 Å². The fraction of sp³-hybridized carbons (Fsp3) is 0.619. The number of aliphatic carboxylic acids is 1. The number of likely N-dealkylation sites (tertiary alicyclic amines) is 1. The van der Waals surface area contributed by atoms with Gasteiger partial charge < -0.3 is 14.9 Å². The summed E-state index contributed by atoms with van der Waals surface area (Å²) in [5.74, 6) is -1.19. The molecule has 2 aliphatic heterocycles. The van der Waals surface area contributed by atoms with E-state index in [1.807, 2.05) is 38.1 Å². The highest BCUT2D eigenvalue weighted by atomic mass is 32.2. The Kier molecular flexibility index (Phi) is 8.11. The lowest BCUT2D eigenvalue weighted by molar-refractivity contribution is -0.143. The highest BCUT2D eigenvalue weighted by molar-refractivity contribution is 7.92. The van der Waals surface area contributed by atoms with Crippen molar-refractivity contribution in [2.45, 2.75) is 33.1 Å². The summed E-state index contributed by atoms with van der Waals surface area (Å²) in [6.45, 7) is 5.65. The van der Waals surface area contributed by atoms with Gasteiger partial charge in [-0.15, -0.1) is 0 Å². The van der Waals surface area contributed by atoms with Gasteiger partial charge in [-0.2, -0.15) is 0 Å². The fourth-order valence-electron chi connectivity index (χ4n) is 4.10. The van der Waals surface area contributed by atoms with E-state index in [4.69, 9.17) is 5.11 Å². The van der Waals surface area contributed by atoms with Crippen molar-refractivity contribution in [3.8, 4) is 0 Å². The number of nitrogens with zero attached hydrogens (tertiary/aromatic N) is 3. The molecule has 168 valence electrons. The molecular weight excluding hydrogens is 406 g/mol. The summed E-state index contributed by atoms with van der Waals surface area (Å²) < 4.78 is 25.9. The SMILES string of the molecule is CC.CN(C[C@@H]1Cc2ccccc2N(S(C)(=O)=O)C1)C(=O)N1CCC(C(=O)O)CC1. The van der Waals surface area contributed by atoms with Crippen LogP contribution in [0.1, 0.15) is 32.3 Å². The molecule has 2 heterocycles. The van der Waals surface area contributed by atoms with E-state index < -0.39 is 16.0 Å². The van der Waals surface area contributed by atoms with Gasteiger partial charge in [-0.05, 0) is 36.8 Å². The van der Waals surface area contributed by atoms with Crippen molar-refractivity contribution >= 4 is 27.7 Å². The molecule has 1 fully saturated rings. The molecule has 0 saturated carbocycles. The normalized spacial score (nSPS) is 19.4. The third-order valence-electron chi connectivity index (χ3n) is 5.57. The molecule has 1 saturated heterocycles. The van der Waals surface area contributed by atoms with E-state index in [0.29, 0.717) is 51.1 Å². The zero-order valence-corrected chi connectivity index (χ0v) is 19.1. The zero-order valence-electron chi connectivity index (χ0n) is 18.2. The second-order valence-corrected chi connectivity index (χ2v) is 9.66. The van der Waals surface area contributed by atoms with Crippen molar-refractivity contribution in [3.63, 3.8) is 0 Å². The van der Waals surface area contributed by atoms with Crippen molar-refractivity contribution in [3.05, 3.63) is 29.8 Å². The van der Waals surface area contributed by atoms with Crippen LogP contribution in [-0.2, 0) is 21.2 Å². The second kappa shape index (κ2) is 10.1. The molecular formula is C21H33N3O5S. The monoisotopic (exact) mass is 439 g/mol. The van der Waals surface area contributed by atoms with E-state index in [9.17, 15) is 18.0 Å². The van der Waals surface area contributed by atoms with Crippen molar-refractivity contribution in [2.75, 3.05) is 43.8 Å². The van der Waals surface area contributed by atoms with Gasteiger partial charge in [0, 0.05) is 33.2 Å². The number of carbonyl (C=O) groups is 2. The largest absolute Gasteiger partial charge is 0.481 e. The average Bonchev–Trinajstić information content (AvgIpc) is 2.73. The van der Waals surface area contributed by atoms with E-state index in [1.54, 1.807) is 16.8 Å². The van der Waals surface area contributed by atoms with Crippen LogP contribution in [0.25, 0.3) is 0 Å². The van der Waals surface area contributed by atoms with E-state index in [-0.39, 0.29) is 17.9 Å². The molecule has 0 aromatic heterocycles. The van der Waals surface area contributed by atoms with Crippen LogP contribution in [0.2, 0.25) is 0 Å². The van der Waals surface area contributed by atoms with Crippen molar-refractivity contribution in [2.24, 2.45) is 11.8 Å². The lowest BCUT2D eigenvalue weighted by Gasteiger charge is -2.38. The van der Waals surface area contributed by atoms with Gasteiger partial charge in [-0.25, -0.2) is 13.2 Å². The molecule has 2 aliphatic rings. The molecule has 0 unspecified atom stereocenters. The lowest BCUT2D eigenvalue weighted by atomic mass is 9.93. The molecule has 8 nitrogen and oxygen atoms in total. The van der Waals surface area contributed by atoms with Crippen LogP contribution in [0.5, 0.6) is 0 Å². The Bertz CT molecular complexity index is 850. The van der Waals surface area contributed by atoms with Gasteiger partial charge in [-0.1, -0.05) is 32.0 Å². The summed E-state index contributed by atoms with van der Waals surface area (Å²) in [6.07, 6.45) is 2.84. The second-order valence-electron chi connectivity index (χ2n) is 7.76. The molecule has 1 atom stereocenters. The molecule has 1 N–H and O–H groups in total. The smallest absolute Gasteiger partial charge is 0.319 e. The fourth-order valence-corrected chi connectivity index (χ4v) is 5.11. The quantitative estimate of drug-likeness (QED) is 0.777. The minimum Gasteiger partial charge on any atom is -0.481 e. The van der Waals surface area contributed by atoms with Crippen LogP contribution < -0.4 is 4.31 Å². The number of sulfonamides is 1. The van der Waals surface area contributed by atoms with Gasteiger partial charge in [0.15, 0.2) is 0 Å². The van der Waals surface area contributed by atoms with E-state index in [1.165, 1.54) is 10.6 Å². The molecule has 30 heavy (non-hydrogen) atoms. The lowest BCUT2D eigenvalue weighted by Crippen LogP contribution is -2.49. The first-order valence-corrected chi connectivity index (χ1v) is 12.3. The number of para-hydroxylation sites is 1. The van der Waals surface area contributed by atoms with Crippen LogP contribution in [-0.4, -0.2) is 74.8 Å². The number of urea groups is 1. The number of carboxylic acids is 1. The number of benzene rings is 1. The van der Waals surface area contributed by atoms with Gasteiger partial charge in [0.05, 0.1) is 17.9 Å². The van der Waals surface area contributed by atoms with Crippen molar-refractivity contribution in [1.29, 1.82) is 0 Å². The standard InChI is InChI=1S/C19H27N3O5S.C2H6/c1-20(19(25)21-9-7-15(8-10-21)18(23)24)12-14-11-16-5-3-4-6-17(16)22(13-14)28(2,26)27;1-2/h3-6,14-15H,7-13H2,1-2H3,(H,23,24);1-2H3/t14-;/m0./s1. The molecule has 1 aromatic rings. The Balaban J connectivity index is 0.00000155. The van der Waals surface area contributed by atoms with Crippen LogP contribution in [0, 0.1) is 11.8 Å². The summed E-state index contributed by atoms with van der Waals surface area (Å²) in [4.78, 5) is 27.1. The number of piperidine rings is 1. The Morgan fingerprint density at radius 2 is 1.77 bits per heavy atom. The van der Waals surface area contributed by atoms with Gasteiger partial charge >= 0.3 is 12.0 Å². The van der Waals surface area contributed by atoms with Crippen LogP contribution in [0.4, 0.5) is 10.5 Å². The average molecular weight is 440 g/mol. The predicted octanol–water partition coefficient (Wildman–Crippen LogP) is 2.50. The topological polar surface area (TPSA) is 98.2 Å². The van der Waals surface area contributed by atoms with Crippen LogP contribution >= 0.6 is 0 Å². The van der Waals surface area contributed by atoms with Crippen molar-refractivity contribution < 1.29 is 23.1 Å². The summed E-state index contributed by atoms with van der Waals surface area (Å²) in [5, 5.41) is 9.09. The van der Waals surface area contributed by atoms with E-state index >= 15 is 0 Å². The first kappa shape index (κ1) is 24.0. The maximum atomic E-state index is 12.7. The number of hydrogen-bond acceptors (Lipinski definition) is 4. The molecule has 0 bridgehead atoms. The number of hydrogen-bond donors (Lipinski definition) is 1. The Hall–Kier alpha value is -2.29. The Morgan fingerprint density at radius 3 is 2.33 bits per heavy atom. The molecule has 2 amide bonds. The summed E-state index contributed by atoms with van der Waals surface area (Å²) >= 11 is 0. The first-order chi connectivity index (χ1) is 14.2. The van der Waals surface area contributed by atoms with E-state index in [2.05, 4.69) is 0 Å². The third-order valence-corrected chi connectivity index (χ3v) is 6.71. The van der Waals surface area contributed by atoms with Crippen LogP contribution in [0.15, 0.2) is 24.3 Å². The van der Waals surface area contributed by atoms with Gasteiger partial charge in [0.2, 0.25) is 10.0 Å². The van der Waals surface area contributed by atoms with Crippen LogP contribution in [0.3, 0.4) is 0 Å². The number of fused-ring (bicyclic) bond motifs is 1. The molecule has 1 aromatic carbocycles. The number of amides is 2. The third kappa shape index (κ3) is 5.65. The molecule has 0 aliphatic carbocycles. The number of carbonyl (C=O) groups excluding carboxylic acids is 1. The zero-order chi connectivity index (χ0) is 22.5. The minimum atomic E-state index is -3.40. The Labute approximate surface area is 179 Å². The molecule has 9 heteroatoms. The highest BCUT2D eigenvalue weighted by Gasteiger charge is 2.33. The van der Waals surface area contributed by atoms with Gasteiger partial charge in [0.25, 0.3) is 0 Å². The summed E-state index contributed by atoms with van der Waals surface area (Å²) in [6, 6.07) is 7.33.